The maximum Gasteiger partial charge on any atom is 0.272 e. The number of hydrogen-bond donors (Lipinski definition) is 2. The first-order valence-electron chi connectivity index (χ1n) is 6.39. The third-order valence-corrected chi connectivity index (χ3v) is 3.88. The fourth-order valence-electron chi connectivity index (χ4n) is 2.18. The predicted molar refractivity (Wildman–Crippen MR) is 81.5 cm³/mol. The normalized spacial score (nSPS) is 14.2. The summed E-state index contributed by atoms with van der Waals surface area (Å²) in [5.74, 6) is -0.942. The van der Waals surface area contributed by atoms with Crippen molar-refractivity contribution in [1.82, 2.24) is 4.57 Å². The number of nitrogens with zero attached hydrogens (tertiary/aromatic N) is 1. The van der Waals surface area contributed by atoms with E-state index < -0.39 is 5.82 Å². The Morgan fingerprint density at radius 1 is 1.29 bits per heavy atom. The lowest BCUT2D eigenvalue weighted by Crippen LogP contribution is -2.17. The van der Waals surface area contributed by atoms with Gasteiger partial charge in [-0.3, -0.25) is 4.79 Å². The number of carbonyl (C=O) groups is 1. The second-order valence-electron chi connectivity index (χ2n) is 5.00. The minimum atomic E-state index is -0.561. The van der Waals surface area contributed by atoms with Gasteiger partial charge in [-0.05, 0) is 31.0 Å². The molecule has 1 heterocycles. The van der Waals surface area contributed by atoms with E-state index in [1.54, 1.807) is 12.3 Å². The van der Waals surface area contributed by atoms with Gasteiger partial charge in [0.1, 0.15) is 11.5 Å². The maximum atomic E-state index is 13.1. The Morgan fingerprint density at radius 2 is 1.90 bits per heavy atom. The molecule has 0 unspecified atom stereocenters. The van der Waals surface area contributed by atoms with E-state index >= 15 is 0 Å². The molecule has 1 aliphatic carbocycles. The first kappa shape index (κ1) is 14.2. The van der Waals surface area contributed by atoms with Crippen LogP contribution < -0.4 is 11.1 Å². The van der Waals surface area contributed by atoms with Crippen molar-refractivity contribution in [3.8, 4) is 0 Å². The lowest BCUT2D eigenvalue weighted by Gasteiger charge is -2.11. The molecule has 0 atom stereocenters. The quantitative estimate of drug-likeness (QED) is 0.891. The number of nitrogens with one attached hydrogen (secondary N) is 1. The number of rotatable bonds is 3. The van der Waals surface area contributed by atoms with Crippen LogP contribution in [0.3, 0.4) is 0 Å². The van der Waals surface area contributed by atoms with Gasteiger partial charge < -0.3 is 15.6 Å². The van der Waals surface area contributed by atoms with Crippen molar-refractivity contribution in [2.75, 3.05) is 11.1 Å². The zero-order valence-electron chi connectivity index (χ0n) is 10.9. The molecule has 0 spiro atoms. The van der Waals surface area contributed by atoms with E-state index in [0.717, 1.165) is 25.0 Å². The van der Waals surface area contributed by atoms with Gasteiger partial charge in [0.05, 0.1) is 21.4 Å². The van der Waals surface area contributed by atoms with Crippen molar-refractivity contribution in [2.24, 2.45) is 0 Å². The summed E-state index contributed by atoms with van der Waals surface area (Å²) in [6, 6.07) is 4.09. The molecule has 0 saturated heterocycles. The molecule has 2 aromatic rings. The largest absolute Gasteiger partial charge is 0.397 e. The number of amides is 1. The number of aromatic nitrogens is 1. The second kappa shape index (κ2) is 5.24. The molecular formula is C14H12Cl2FN3O. The first-order valence-corrected chi connectivity index (χ1v) is 7.14. The predicted octanol–water partition coefficient (Wildman–Crippen LogP) is 4.10. The molecule has 21 heavy (non-hydrogen) atoms. The number of halogens is 3. The minimum absolute atomic E-state index is 0.0471. The van der Waals surface area contributed by atoms with Gasteiger partial charge in [-0.2, -0.15) is 0 Å². The highest BCUT2D eigenvalue weighted by Crippen LogP contribution is 2.38. The summed E-state index contributed by atoms with van der Waals surface area (Å²) in [5, 5.41) is 2.71. The highest BCUT2D eigenvalue weighted by atomic mass is 35.5. The summed E-state index contributed by atoms with van der Waals surface area (Å²) in [5.41, 5.74) is 6.89. The third kappa shape index (κ3) is 2.84. The molecule has 1 saturated carbocycles. The zero-order chi connectivity index (χ0) is 15.1. The van der Waals surface area contributed by atoms with Crippen LogP contribution in [0.25, 0.3) is 0 Å². The summed E-state index contributed by atoms with van der Waals surface area (Å²) in [7, 11) is 0. The topological polar surface area (TPSA) is 60.1 Å². The van der Waals surface area contributed by atoms with Crippen LogP contribution in [0.15, 0.2) is 24.4 Å². The number of hydrogen-bond acceptors (Lipinski definition) is 2. The molecular weight excluding hydrogens is 316 g/mol. The van der Waals surface area contributed by atoms with Crippen LogP contribution in [-0.4, -0.2) is 10.5 Å². The fourth-order valence-corrected chi connectivity index (χ4v) is 2.73. The average Bonchev–Trinajstić information content (AvgIpc) is 3.16. The molecule has 1 amide bonds. The SMILES string of the molecule is Nc1cc(C(=O)Nc2c(Cl)cc(F)cc2Cl)n(C2CC2)c1. The average molecular weight is 328 g/mol. The van der Waals surface area contributed by atoms with Gasteiger partial charge in [0.2, 0.25) is 0 Å². The van der Waals surface area contributed by atoms with Gasteiger partial charge in [-0.1, -0.05) is 23.2 Å². The van der Waals surface area contributed by atoms with E-state index in [1.807, 2.05) is 4.57 Å². The van der Waals surface area contributed by atoms with Gasteiger partial charge in [0.25, 0.3) is 5.91 Å². The monoisotopic (exact) mass is 327 g/mol. The van der Waals surface area contributed by atoms with Crippen molar-refractivity contribution in [3.05, 3.63) is 46.0 Å². The van der Waals surface area contributed by atoms with Gasteiger partial charge in [-0.15, -0.1) is 0 Å². The highest BCUT2D eigenvalue weighted by molar-refractivity contribution is 6.40. The van der Waals surface area contributed by atoms with Crippen LogP contribution in [0, 0.1) is 5.82 Å². The summed E-state index contributed by atoms with van der Waals surface area (Å²) in [6.07, 6.45) is 3.78. The van der Waals surface area contributed by atoms with Gasteiger partial charge in [0.15, 0.2) is 0 Å². The van der Waals surface area contributed by atoms with Crippen LogP contribution in [0.2, 0.25) is 10.0 Å². The Hall–Kier alpha value is -1.72. The molecule has 0 aliphatic heterocycles. The van der Waals surface area contributed by atoms with Crippen molar-refractivity contribution >= 4 is 40.5 Å². The van der Waals surface area contributed by atoms with Crippen molar-refractivity contribution < 1.29 is 9.18 Å². The number of nitrogen functional groups attached to an aromatic ring is 1. The molecule has 1 fully saturated rings. The Balaban J connectivity index is 1.90. The molecule has 3 N–H and O–H groups in total. The number of nitrogens with two attached hydrogens (primary N) is 1. The van der Waals surface area contributed by atoms with Gasteiger partial charge in [0, 0.05) is 12.2 Å². The van der Waals surface area contributed by atoms with E-state index in [-0.39, 0.29) is 21.6 Å². The summed E-state index contributed by atoms with van der Waals surface area (Å²) in [6.45, 7) is 0. The van der Waals surface area contributed by atoms with Crippen LogP contribution in [0.5, 0.6) is 0 Å². The molecule has 4 nitrogen and oxygen atoms in total. The number of anilines is 2. The van der Waals surface area contributed by atoms with Crippen LogP contribution >= 0.6 is 23.2 Å². The highest BCUT2D eigenvalue weighted by Gasteiger charge is 2.28. The Kier molecular flexibility index (Phi) is 3.55. The molecule has 0 radical (unpaired) electrons. The first-order chi connectivity index (χ1) is 9.95. The van der Waals surface area contributed by atoms with E-state index in [9.17, 15) is 9.18 Å². The van der Waals surface area contributed by atoms with E-state index in [0.29, 0.717) is 17.4 Å². The smallest absolute Gasteiger partial charge is 0.272 e. The fraction of sp³-hybridized carbons (Fsp3) is 0.214. The van der Waals surface area contributed by atoms with Crippen molar-refractivity contribution in [3.63, 3.8) is 0 Å². The van der Waals surface area contributed by atoms with Crippen LogP contribution in [0.1, 0.15) is 29.4 Å². The van der Waals surface area contributed by atoms with Gasteiger partial charge >= 0.3 is 0 Å². The standard InChI is InChI=1S/C14H12Cl2FN3O/c15-10-3-7(17)4-11(16)13(10)19-14(21)12-5-8(18)6-20(12)9-1-2-9/h3-6,9H,1-2,18H2,(H,19,21). The summed E-state index contributed by atoms with van der Waals surface area (Å²) >= 11 is 11.8. The lowest BCUT2D eigenvalue weighted by molar-refractivity contribution is 0.101. The lowest BCUT2D eigenvalue weighted by atomic mass is 10.3. The van der Waals surface area contributed by atoms with E-state index in [2.05, 4.69) is 5.32 Å². The molecule has 110 valence electrons. The molecule has 1 aromatic carbocycles. The van der Waals surface area contributed by atoms with Crippen LogP contribution in [-0.2, 0) is 0 Å². The van der Waals surface area contributed by atoms with Gasteiger partial charge in [-0.25, -0.2) is 4.39 Å². The summed E-state index contributed by atoms with van der Waals surface area (Å²) < 4.78 is 15.0. The summed E-state index contributed by atoms with van der Waals surface area (Å²) in [4.78, 5) is 12.4. The maximum absolute atomic E-state index is 13.1. The Labute approximate surface area is 130 Å². The number of carbonyl (C=O) groups excluding carboxylic acids is 1. The zero-order valence-corrected chi connectivity index (χ0v) is 12.4. The number of benzene rings is 1. The van der Waals surface area contributed by atoms with Crippen LogP contribution in [0.4, 0.5) is 15.8 Å². The molecule has 7 heteroatoms. The van der Waals surface area contributed by atoms with Crippen molar-refractivity contribution in [1.29, 1.82) is 0 Å². The van der Waals surface area contributed by atoms with E-state index in [1.165, 1.54) is 0 Å². The molecule has 0 bridgehead atoms. The Bertz CT molecular complexity index is 702. The molecule has 1 aromatic heterocycles. The minimum Gasteiger partial charge on any atom is -0.397 e. The Morgan fingerprint density at radius 3 is 2.48 bits per heavy atom. The molecule has 1 aliphatic rings. The van der Waals surface area contributed by atoms with E-state index in [4.69, 9.17) is 28.9 Å². The molecule has 3 rings (SSSR count). The second-order valence-corrected chi connectivity index (χ2v) is 5.81. The third-order valence-electron chi connectivity index (χ3n) is 3.29. The van der Waals surface area contributed by atoms with Crippen molar-refractivity contribution in [2.45, 2.75) is 18.9 Å².